The average Bonchev–Trinajstić information content (AvgIpc) is 2.33. The lowest BCUT2D eigenvalue weighted by Gasteiger charge is -2.25. The van der Waals surface area contributed by atoms with E-state index < -0.39 is 0 Å². The van der Waals surface area contributed by atoms with Crippen LogP contribution in [0.25, 0.3) is 0 Å². The molecule has 0 aliphatic rings. The smallest absolute Gasteiger partial charge is 0.0699 e. The molecule has 2 heteroatoms. The minimum Gasteiger partial charge on any atom is -0.377 e. The number of nitrogens with one attached hydrogen (secondary N) is 1. The average molecular weight is 271 g/mol. The number of unbranched alkanes of at least 4 members (excludes halogenated alkanes) is 5. The van der Waals surface area contributed by atoms with Gasteiger partial charge < -0.3 is 10.1 Å². The summed E-state index contributed by atoms with van der Waals surface area (Å²) in [5, 5.41) is 3.55. The van der Waals surface area contributed by atoms with E-state index in [0.717, 1.165) is 13.2 Å². The summed E-state index contributed by atoms with van der Waals surface area (Å²) in [4.78, 5) is 0. The Morgan fingerprint density at radius 1 is 0.895 bits per heavy atom. The quantitative estimate of drug-likeness (QED) is 0.509. The molecule has 2 nitrogen and oxygen atoms in total. The maximum absolute atomic E-state index is 6.02. The van der Waals surface area contributed by atoms with Crippen molar-refractivity contribution in [2.45, 2.75) is 97.6 Å². The predicted molar refractivity (Wildman–Crippen MR) is 85.8 cm³/mol. The molecule has 0 aliphatic carbocycles. The summed E-state index contributed by atoms with van der Waals surface area (Å²) < 4.78 is 6.02. The number of ether oxygens (including phenoxy) is 1. The zero-order valence-electron chi connectivity index (χ0n) is 14.1. The van der Waals surface area contributed by atoms with Gasteiger partial charge in [-0.3, -0.25) is 0 Å². The summed E-state index contributed by atoms with van der Waals surface area (Å²) in [6.07, 6.45) is 10.8. The Bertz CT molecular complexity index is 186. The normalized spacial score (nSPS) is 13.7. The van der Waals surface area contributed by atoms with Crippen LogP contribution in [0.4, 0.5) is 0 Å². The van der Waals surface area contributed by atoms with E-state index >= 15 is 0 Å². The first kappa shape index (κ1) is 18.9. The van der Waals surface area contributed by atoms with Crippen LogP contribution in [0.15, 0.2) is 0 Å². The lowest BCUT2D eigenvalue weighted by molar-refractivity contribution is 0.0405. The van der Waals surface area contributed by atoms with Crippen LogP contribution in [0, 0.1) is 0 Å². The maximum Gasteiger partial charge on any atom is 0.0699 e. The van der Waals surface area contributed by atoms with Crippen LogP contribution in [-0.4, -0.2) is 24.8 Å². The van der Waals surface area contributed by atoms with Crippen LogP contribution >= 0.6 is 0 Å². The van der Waals surface area contributed by atoms with Gasteiger partial charge in [0, 0.05) is 18.7 Å². The Balaban J connectivity index is 3.59. The van der Waals surface area contributed by atoms with Crippen LogP contribution in [0.5, 0.6) is 0 Å². The van der Waals surface area contributed by atoms with Crippen molar-refractivity contribution in [3.05, 3.63) is 0 Å². The molecule has 0 heterocycles. The van der Waals surface area contributed by atoms with E-state index in [1.54, 1.807) is 0 Å². The molecule has 0 saturated heterocycles. The van der Waals surface area contributed by atoms with Gasteiger partial charge in [0.05, 0.1) is 6.10 Å². The summed E-state index contributed by atoms with van der Waals surface area (Å²) >= 11 is 0. The van der Waals surface area contributed by atoms with Crippen LogP contribution in [0.2, 0.25) is 0 Å². The van der Waals surface area contributed by atoms with E-state index in [1.807, 2.05) is 0 Å². The largest absolute Gasteiger partial charge is 0.377 e. The molecule has 0 amide bonds. The lowest BCUT2D eigenvalue weighted by Crippen LogP contribution is -2.41. The molecule has 0 rings (SSSR count). The highest BCUT2D eigenvalue weighted by atomic mass is 16.5. The molecule has 19 heavy (non-hydrogen) atoms. The Morgan fingerprint density at radius 3 is 2.11 bits per heavy atom. The van der Waals surface area contributed by atoms with Crippen molar-refractivity contribution in [1.82, 2.24) is 5.32 Å². The van der Waals surface area contributed by atoms with Gasteiger partial charge in [-0.1, -0.05) is 52.4 Å². The molecule has 0 aromatic heterocycles. The Morgan fingerprint density at radius 2 is 1.53 bits per heavy atom. The maximum atomic E-state index is 6.02. The molecule has 0 aliphatic heterocycles. The zero-order chi connectivity index (χ0) is 14.6. The van der Waals surface area contributed by atoms with Crippen LogP contribution in [0.1, 0.15) is 86.0 Å². The van der Waals surface area contributed by atoms with E-state index in [-0.39, 0.29) is 5.54 Å². The molecular formula is C17H37NO. The molecular weight excluding hydrogens is 234 g/mol. The first-order valence-corrected chi connectivity index (χ1v) is 8.36. The second kappa shape index (κ2) is 11.7. The molecule has 1 N–H and O–H groups in total. The van der Waals surface area contributed by atoms with Crippen molar-refractivity contribution < 1.29 is 4.74 Å². The van der Waals surface area contributed by atoms with Crippen molar-refractivity contribution >= 4 is 0 Å². The van der Waals surface area contributed by atoms with Gasteiger partial charge in [-0.15, -0.1) is 0 Å². The third kappa shape index (κ3) is 14.1. The molecule has 0 saturated carbocycles. The third-order valence-electron chi connectivity index (χ3n) is 3.32. The highest BCUT2D eigenvalue weighted by Crippen LogP contribution is 2.08. The highest BCUT2D eigenvalue weighted by Gasteiger charge is 2.13. The SMILES string of the molecule is CCCCCCCCOC(CCC)CNC(C)(C)C. The minimum atomic E-state index is 0.190. The van der Waals surface area contributed by atoms with Crippen LogP contribution in [0.3, 0.4) is 0 Å². The fraction of sp³-hybridized carbons (Fsp3) is 1.00. The Labute approximate surface area is 121 Å². The summed E-state index contributed by atoms with van der Waals surface area (Å²) in [5.41, 5.74) is 0.190. The Kier molecular flexibility index (Phi) is 11.7. The van der Waals surface area contributed by atoms with Crippen molar-refractivity contribution in [3.8, 4) is 0 Å². The van der Waals surface area contributed by atoms with Gasteiger partial charge in [-0.05, 0) is 33.6 Å². The third-order valence-corrected chi connectivity index (χ3v) is 3.32. The monoisotopic (exact) mass is 271 g/mol. The predicted octanol–water partition coefficient (Wildman–Crippen LogP) is 4.92. The van der Waals surface area contributed by atoms with Gasteiger partial charge in [0.15, 0.2) is 0 Å². The summed E-state index contributed by atoms with van der Waals surface area (Å²) in [5.74, 6) is 0. The molecule has 0 fully saturated rings. The second-order valence-electron chi connectivity index (χ2n) is 6.68. The van der Waals surface area contributed by atoms with Gasteiger partial charge in [-0.25, -0.2) is 0 Å². The van der Waals surface area contributed by atoms with E-state index in [1.165, 1.54) is 51.4 Å². The van der Waals surface area contributed by atoms with Gasteiger partial charge in [-0.2, -0.15) is 0 Å². The van der Waals surface area contributed by atoms with Gasteiger partial charge >= 0.3 is 0 Å². The number of rotatable bonds is 12. The highest BCUT2D eigenvalue weighted by molar-refractivity contribution is 4.73. The van der Waals surface area contributed by atoms with E-state index in [2.05, 4.69) is 39.9 Å². The van der Waals surface area contributed by atoms with E-state index in [0.29, 0.717) is 6.10 Å². The molecule has 0 aromatic rings. The standard InChI is InChI=1S/C17H37NO/c1-6-8-9-10-11-12-14-19-16(13-7-2)15-18-17(3,4)5/h16,18H,6-15H2,1-5H3. The molecule has 0 spiro atoms. The molecule has 1 unspecified atom stereocenters. The molecule has 0 bridgehead atoms. The summed E-state index contributed by atoms with van der Waals surface area (Å²) in [6.45, 7) is 13.0. The van der Waals surface area contributed by atoms with E-state index in [9.17, 15) is 0 Å². The molecule has 0 aromatic carbocycles. The van der Waals surface area contributed by atoms with Gasteiger partial charge in [0.25, 0.3) is 0 Å². The van der Waals surface area contributed by atoms with Gasteiger partial charge in [0.2, 0.25) is 0 Å². The topological polar surface area (TPSA) is 21.3 Å². The van der Waals surface area contributed by atoms with Crippen LogP contribution in [-0.2, 0) is 4.74 Å². The first-order valence-electron chi connectivity index (χ1n) is 8.36. The minimum absolute atomic E-state index is 0.190. The van der Waals surface area contributed by atoms with E-state index in [4.69, 9.17) is 4.74 Å². The van der Waals surface area contributed by atoms with Crippen molar-refractivity contribution in [1.29, 1.82) is 0 Å². The fourth-order valence-electron chi connectivity index (χ4n) is 2.12. The molecule has 116 valence electrons. The summed E-state index contributed by atoms with van der Waals surface area (Å²) in [7, 11) is 0. The molecule has 0 radical (unpaired) electrons. The summed E-state index contributed by atoms with van der Waals surface area (Å²) in [6, 6.07) is 0. The molecule has 1 atom stereocenters. The second-order valence-corrected chi connectivity index (χ2v) is 6.68. The number of hydrogen-bond donors (Lipinski definition) is 1. The zero-order valence-corrected chi connectivity index (χ0v) is 14.1. The van der Waals surface area contributed by atoms with Crippen LogP contribution < -0.4 is 5.32 Å². The Hall–Kier alpha value is -0.0800. The van der Waals surface area contributed by atoms with Crippen molar-refractivity contribution in [3.63, 3.8) is 0 Å². The first-order chi connectivity index (χ1) is 8.99. The lowest BCUT2D eigenvalue weighted by atomic mass is 10.1. The van der Waals surface area contributed by atoms with Crippen molar-refractivity contribution in [2.75, 3.05) is 13.2 Å². The van der Waals surface area contributed by atoms with Gasteiger partial charge in [0.1, 0.15) is 0 Å². The number of hydrogen-bond acceptors (Lipinski definition) is 2. The van der Waals surface area contributed by atoms with Crippen molar-refractivity contribution in [2.24, 2.45) is 0 Å². The fourth-order valence-corrected chi connectivity index (χ4v) is 2.12.